The van der Waals surface area contributed by atoms with Crippen LogP contribution in [0.25, 0.3) is 0 Å². The average Bonchev–Trinajstić information content (AvgIpc) is 2.42. The van der Waals surface area contributed by atoms with Crippen molar-refractivity contribution in [3.8, 4) is 0 Å². The molecule has 2 rings (SSSR count). The number of benzene rings is 1. The minimum absolute atomic E-state index is 0.0994. The fourth-order valence-electron chi connectivity index (χ4n) is 2.40. The Morgan fingerprint density at radius 2 is 1.95 bits per heavy atom. The zero-order valence-electron chi connectivity index (χ0n) is 11.7. The van der Waals surface area contributed by atoms with Gasteiger partial charge in [-0.1, -0.05) is 30.3 Å². The lowest BCUT2D eigenvalue weighted by Crippen LogP contribution is -2.51. The first-order valence-corrected chi connectivity index (χ1v) is 7.09. The molecule has 1 aromatic rings. The third-order valence-corrected chi connectivity index (χ3v) is 3.76. The molecule has 1 fully saturated rings. The molecule has 6 heteroatoms. The number of hydrogen-bond donors (Lipinski definition) is 3. The normalized spacial score (nSPS) is 15.9. The maximum atomic E-state index is 12.3. The Labute approximate surface area is 123 Å². The molecule has 21 heavy (non-hydrogen) atoms. The van der Waals surface area contributed by atoms with Crippen molar-refractivity contribution in [1.29, 1.82) is 0 Å². The lowest BCUT2D eigenvalue weighted by atomic mass is 9.91. The molecule has 0 bridgehead atoms. The third-order valence-electron chi connectivity index (χ3n) is 3.76. The van der Waals surface area contributed by atoms with E-state index < -0.39 is 18.0 Å². The Morgan fingerprint density at radius 1 is 1.29 bits per heavy atom. The van der Waals surface area contributed by atoms with Crippen LogP contribution in [0.1, 0.15) is 30.9 Å². The van der Waals surface area contributed by atoms with Gasteiger partial charge in [-0.2, -0.15) is 0 Å². The number of aliphatic hydroxyl groups is 1. The van der Waals surface area contributed by atoms with Crippen LogP contribution in [0.15, 0.2) is 30.3 Å². The zero-order valence-corrected chi connectivity index (χ0v) is 11.7. The SMILES string of the molecule is O=C(O)C(NC(=O)N(CCO)C1CCC1)c1ccccc1. The van der Waals surface area contributed by atoms with Crippen LogP contribution in [0.5, 0.6) is 0 Å². The molecular weight excluding hydrogens is 272 g/mol. The zero-order chi connectivity index (χ0) is 15.2. The van der Waals surface area contributed by atoms with Crippen molar-refractivity contribution >= 4 is 12.0 Å². The highest BCUT2D eigenvalue weighted by Crippen LogP contribution is 2.25. The second-order valence-corrected chi connectivity index (χ2v) is 5.13. The minimum Gasteiger partial charge on any atom is -0.479 e. The highest BCUT2D eigenvalue weighted by molar-refractivity contribution is 5.83. The van der Waals surface area contributed by atoms with E-state index in [1.54, 1.807) is 30.3 Å². The summed E-state index contributed by atoms with van der Waals surface area (Å²) in [4.78, 5) is 25.2. The predicted molar refractivity (Wildman–Crippen MR) is 76.8 cm³/mol. The fraction of sp³-hybridized carbons (Fsp3) is 0.467. The van der Waals surface area contributed by atoms with Crippen molar-refractivity contribution in [2.75, 3.05) is 13.2 Å². The number of rotatable bonds is 6. The van der Waals surface area contributed by atoms with E-state index in [-0.39, 0.29) is 19.2 Å². The highest BCUT2D eigenvalue weighted by atomic mass is 16.4. The lowest BCUT2D eigenvalue weighted by molar-refractivity contribution is -0.139. The second kappa shape index (κ2) is 7.08. The lowest BCUT2D eigenvalue weighted by Gasteiger charge is -2.37. The Hall–Kier alpha value is -2.08. The minimum atomic E-state index is -1.10. The van der Waals surface area contributed by atoms with Crippen molar-refractivity contribution in [2.24, 2.45) is 0 Å². The van der Waals surface area contributed by atoms with Crippen molar-refractivity contribution in [3.05, 3.63) is 35.9 Å². The molecular formula is C15H20N2O4. The number of carbonyl (C=O) groups is 2. The smallest absolute Gasteiger partial charge is 0.330 e. The molecule has 2 amide bonds. The van der Waals surface area contributed by atoms with Gasteiger partial charge in [0, 0.05) is 12.6 Å². The van der Waals surface area contributed by atoms with Gasteiger partial charge < -0.3 is 20.4 Å². The maximum absolute atomic E-state index is 12.3. The molecule has 6 nitrogen and oxygen atoms in total. The van der Waals surface area contributed by atoms with E-state index in [0.717, 1.165) is 19.3 Å². The predicted octanol–water partition coefficient (Wildman–Crippen LogP) is 1.37. The number of amides is 2. The maximum Gasteiger partial charge on any atom is 0.330 e. The molecule has 114 valence electrons. The van der Waals surface area contributed by atoms with E-state index in [1.807, 2.05) is 0 Å². The molecule has 0 spiro atoms. The van der Waals surface area contributed by atoms with Gasteiger partial charge >= 0.3 is 12.0 Å². The van der Waals surface area contributed by atoms with Crippen LogP contribution in [-0.4, -0.2) is 46.3 Å². The Kier molecular flexibility index (Phi) is 5.16. The van der Waals surface area contributed by atoms with Gasteiger partial charge in [-0.3, -0.25) is 0 Å². The number of carboxylic acid groups (broad SMARTS) is 1. The summed E-state index contributed by atoms with van der Waals surface area (Å²) in [5, 5.41) is 20.9. The first-order valence-electron chi connectivity index (χ1n) is 7.09. The first kappa shape index (κ1) is 15.3. The molecule has 0 heterocycles. The van der Waals surface area contributed by atoms with Gasteiger partial charge in [0.1, 0.15) is 0 Å². The summed E-state index contributed by atoms with van der Waals surface area (Å²) < 4.78 is 0. The van der Waals surface area contributed by atoms with Gasteiger partial charge in [0.15, 0.2) is 6.04 Å². The van der Waals surface area contributed by atoms with E-state index in [4.69, 9.17) is 5.11 Å². The number of hydrogen-bond acceptors (Lipinski definition) is 3. The first-order chi connectivity index (χ1) is 10.1. The summed E-state index contributed by atoms with van der Waals surface area (Å²) in [6, 6.07) is 7.16. The highest BCUT2D eigenvalue weighted by Gasteiger charge is 2.31. The van der Waals surface area contributed by atoms with Crippen LogP contribution in [0, 0.1) is 0 Å². The van der Waals surface area contributed by atoms with Gasteiger partial charge in [-0.25, -0.2) is 9.59 Å². The molecule has 1 unspecified atom stereocenters. The molecule has 0 aromatic heterocycles. The van der Waals surface area contributed by atoms with Crippen LogP contribution in [0.2, 0.25) is 0 Å². The quantitative estimate of drug-likeness (QED) is 0.738. The molecule has 1 atom stereocenters. The summed E-state index contributed by atoms with van der Waals surface area (Å²) in [6.07, 6.45) is 2.86. The van der Waals surface area contributed by atoms with E-state index in [2.05, 4.69) is 5.32 Å². The average molecular weight is 292 g/mol. The standard InChI is InChI=1S/C15H20N2O4/c18-10-9-17(12-7-4-8-12)15(21)16-13(14(19)20)11-5-2-1-3-6-11/h1-3,5-6,12-13,18H,4,7-10H2,(H,16,21)(H,19,20). The van der Waals surface area contributed by atoms with Gasteiger partial charge in [0.25, 0.3) is 0 Å². The van der Waals surface area contributed by atoms with Crippen molar-refractivity contribution in [2.45, 2.75) is 31.3 Å². The van der Waals surface area contributed by atoms with E-state index in [0.29, 0.717) is 5.56 Å². The molecule has 1 aliphatic rings. The summed E-state index contributed by atoms with van der Waals surface area (Å²) >= 11 is 0. The second-order valence-electron chi connectivity index (χ2n) is 5.13. The molecule has 0 saturated heterocycles. The number of urea groups is 1. The van der Waals surface area contributed by atoms with E-state index in [9.17, 15) is 14.7 Å². The molecule has 1 aliphatic carbocycles. The largest absolute Gasteiger partial charge is 0.479 e. The van der Waals surface area contributed by atoms with E-state index >= 15 is 0 Å². The number of carbonyl (C=O) groups excluding carboxylic acids is 1. The topological polar surface area (TPSA) is 89.9 Å². The van der Waals surface area contributed by atoms with Gasteiger partial charge in [-0.05, 0) is 24.8 Å². The number of nitrogens with zero attached hydrogens (tertiary/aromatic N) is 1. The van der Waals surface area contributed by atoms with Crippen LogP contribution < -0.4 is 5.32 Å². The monoisotopic (exact) mass is 292 g/mol. The van der Waals surface area contributed by atoms with Crippen molar-refractivity contribution < 1.29 is 19.8 Å². The fourth-order valence-corrected chi connectivity index (χ4v) is 2.40. The van der Waals surface area contributed by atoms with Crippen molar-refractivity contribution in [1.82, 2.24) is 10.2 Å². The van der Waals surface area contributed by atoms with Gasteiger partial charge in [0.2, 0.25) is 0 Å². The summed E-state index contributed by atoms with van der Waals surface area (Å²) in [6.45, 7) is 0.0879. The summed E-state index contributed by atoms with van der Waals surface area (Å²) in [7, 11) is 0. The van der Waals surface area contributed by atoms with E-state index in [1.165, 1.54) is 4.90 Å². The Bertz CT molecular complexity index is 488. The van der Waals surface area contributed by atoms with Crippen LogP contribution in [0.4, 0.5) is 4.79 Å². The van der Waals surface area contributed by atoms with Gasteiger partial charge in [-0.15, -0.1) is 0 Å². The van der Waals surface area contributed by atoms with Gasteiger partial charge in [0.05, 0.1) is 6.61 Å². The van der Waals surface area contributed by atoms with Crippen LogP contribution in [0.3, 0.4) is 0 Å². The number of nitrogens with one attached hydrogen (secondary N) is 1. The summed E-state index contributed by atoms with van der Waals surface area (Å²) in [5.41, 5.74) is 0.524. The Balaban J connectivity index is 2.08. The number of carboxylic acids is 1. The molecule has 1 saturated carbocycles. The molecule has 0 radical (unpaired) electrons. The number of aliphatic carboxylic acids is 1. The molecule has 0 aliphatic heterocycles. The Morgan fingerprint density at radius 3 is 2.43 bits per heavy atom. The summed E-state index contributed by atoms with van der Waals surface area (Å²) in [5.74, 6) is -1.10. The molecule has 1 aromatic carbocycles. The third kappa shape index (κ3) is 3.72. The number of aliphatic hydroxyl groups excluding tert-OH is 1. The van der Waals surface area contributed by atoms with Crippen molar-refractivity contribution in [3.63, 3.8) is 0 Å². The van der Waals surface area contributed by atoms with Crippen LogP contribution >= 0.6 is 0 Å². The van der Waals surface area contributed by atoms with Crippen LogP contribution in [-0.2, 0) is 4.79 Å². The molecule has 3 N–H and O–H groups in total.